The second-order valence-corrected chi connectivity index (χ2v) is 7.11. The van der Waals surface area contributed by atoms with Crippen molar-refractivity contribution in [3.8, 4) is 0 Å². The molecule has 1 aliphatic rings. The van der Waals surface area contributed by atoms with Crippen LogP contribution in [-0.2, 0) is 14.4 Å². The number of nitrogens with one attached hydrogen (secondary N) is 2. The first kappa shape index (κ1) is 21.1. The molecule has 1 heterocycles. The number of aryl methyl sites for hydroxylation is 1. The minimum atomic E-state index is -1.16. The van der Waals surface area contributed by atoms with Crippen LogP contribution in [0.1, 0.15) is 46.5 Å². The van der Waals surface area contributed by atoms with Gasteiger partial charge >= 0.3 is 5.97 Å². The van der Waals surface area contributed by atoms with E-state index in [1.165, 1.54) is 6.07 Å². The van der Waals surface area contributed by atoms with Gasteiger partial charge in [0.15, 0.2) is 0 Å². The Labute approximate surface area is 162 Å². The van der Waals surface area contributed by atoms with Gasteiger partial charge in [-0.2, -0.15) is 0 Å². The Morgan fingerprint density at radius 2 is 1.71 bits per heavy atom. The number of benzene rings is 1. The van der Waals surface area contributed by atoms with Crippen LogP contribution in [0.3, 0.4) is 0 Å². The number of carbonyl (C=O) groups is 5. The van der Waals surface area contributed by atoms with E-state index in [1.54, 1.807) is 19.1 Å². The summed E-state index contributed by atoms with van der Waals surface area (Å²) in [5.41, 5.74) is 1.30. The fraction of sp³-hybridized carbons (Fsp3) is 0.421. The van der Waals surface area contributed by atoms with Gasteiger partial charge in [0, 0.05) is 0 Å². The summed E-state index contributed by atoms with van der Waals surface area (Å²) in [4.78, 5) is 60.6. The van der Waals surface area contributed by atoms with Gasteiger partial charge in [-0.1, -0.05) is 25.5 Å². The second-order valence-electron chi connectivity index (χ2n) is 7.11. The van der Waals surface area contributed by atoms with E-state index < -0.39 is 48.7 Å². The van der Waals surface area contributed by atoms with Crippen LogP contribution in [0, 0.1) is 12.8 Å². The van der Waals surface area contributed by atoms with E-state index in [0.717, 1.165) is 10.5 Å². The minimum absolute atomic E-state index is 0.0634. The van der Waals surface area contributed by atoms with Crippen LogP contribution in [0.25, 0.3) is 0 Å². The average Bonchev–Trinajstić information content (AvgIpc) is 2.83. The number of nitrogens with zero attached hydrogens (tertiary/aromatic N) is 1. The molecule has 1 aliphatic heterocycles. The number of hydrogen-bond acceptors (Lipinski definition) is 5. The zero-order valence-corrected chi connectivity index (χ0v) is 15.9. The first-order chi connectivity index (χ1) is 13.1. The molecule has 0 bridgehead atoms. The fourth-order valence-corrected chi connectivity index (χ4v) is 2.86. The third-order valence-corrected chi connectivity index (χ3v) is 4.21. The topological polar surface area (TPSA) is 133 Å². The van der Waals surface area contributed by atoms with Gasteiger partial charge in [0.05, 0.1) is 17.7 Å². The van der Waals surface area contributed by atoms with E-state index in [0.29, 0.717) is 0 Å². The van der Waals surface area contributed by atoms with Crippen molar-refractivity contribution in [1.29, 1.82) is 0 Å². The van der Waals surface area contributed by atoms with Gasteiger partial charge in [0.2, 0.25) is 11.8 Å². The van der Waals surface area contributed by atoms with Crippen LogP contribution in [0.5, 0.6) is 0 Å². The molecule has 3 N–H and O–H groups in total. The van der Waals surface area contributed by atoms with Crippen molar-refractivity contribution in [2.75, 3.05) is 13.1 Å². The van der Waals surface area contributed by atoms with Gasteiger partial charge < -0.3 is 15.7 Å². The molecular weight excluding hydrogens is 366 g/mol. The van der Waals surface area contributed by atoms with Crippen LogP contribution in [0.4, 0.5) is 0 Å². The smallest absolute Gasteiger partial charge is 0.326 e. The quantitative estimate of drug-likeness (QED) is 0.549. The molecule has 0 fully saturated rings. The first-order valence-electron chi connectivity index (χ1n) is 8.85. The molecule has 1 aromatic rings. The zero-order valence-electron chi connectivity index (χ0n) is 15.9. The number of fused-ring (bicyclic) bond motifs is 1. The Balaban J connectivity index is 1.89. The first-order valence-corrected chi connectivity index (χ1v) is 8.85. The number of imide groups is 1. The summed E-state index contributed by atoms with van der Waals surface area (Å²) < 4.78 is 0. The third-order valence-electron chi connectivity index (χ3n) is 4.21. The molecule has 0 saturated heterocycles. The van der Waals surface area contributed by atoms with Crippen molar-refractivity contribution in [2.45, 2.75) is 33.2 Å². The maximum absolute atomic E-state index is 12.3. The minimum Gasteiger partial charge on any atom is -0.480 e. The maximum atomic E-state index is 12.3. The standard InChI is InChI=1S/C19H23N3O6/c1-10(2)6-14(19(27)28)21-15(23)8-20-16(24)9-22-17(25)12-5-4-11(3)7-13(12)18(22)26/h4-5,7,10,14H,6,8-9H2,1-3H3,(H,20,24)(H,21,23)(H,27,28)/t14-/m0/s1. The van der Waals surface area contributed by atoms with E-state index in [9.17, 15) is 24.0 Å². The lowest BCUT2D eigenvalue weighted by Crippen LogP contribution is -2.48. The van der Waals surface area contributed by atoms with Gasteiger partial charge in [-0.3, -0.25) is 24.1 Å². The van der Waals surface area contributed by atoms with Gasteiger partial charge in [0.25, 0.3) is 11.8 Å². The highest BCUT2D eigenvalue weighted by atomic mass is 16.4. The van der Waals surface area contributed by atoms with Crippen molar-refractivity contribution in [1.82, 2.24) is 15.5 Å². The maximum Gasteiger partial charge on any atom is 0.326 e. The summed E-state index contributed by atoms with van der Waals surface area (Å²) >= 11 is 0. The van der Waals surface area contributed by atoms with Crippen LogP contribution in [0.15, 0.2) is 18.2 Å². The van der Waals surface area contributed by atoms with Crippen molar-refractivity contribution in [3.63, 3.8) is 0 Å². The molecule has 9 heteroatoms. The number of aliphatic carboxylic acids is 1. The molecule has 150 valence electrons. The molecule has 0 radical (unpaired) electrons. The molecule has 9 nitrogen and oxygen atoms in total. The summed E-state index contributed by atoms with van der Waals surface area (Å²) in [6.07, 6.45) is 0.253. The molecule has 0 aromatic heterocycles. The number of carboxylic acids is 1. The highest BCUT2D eigenvalue weighted by molar-refractivity contribution is 6.22. The van der Waals surface area contributed by atoms with Crippen molar-refractivity contribution in [2.24, 2.45) is 5.92 Å². The second kappa shape index (κ2) is 8.64. The van der Waals surface area contributed by atoms with Crippen LogP contribution in [0.2, 0.25) is 0 Å². The van der Waals surface area contributed by atoms with E-state index >= 15 is 0 Å². The fourth-order valence-electron chi connectivity index (χ4n) is 2.86. The number of rotatable bonds is 8. The van der Waals surface area contributed by atoms with Crippen LogP contribution >= 0.6 is 0 Å². The summed E-state index contributed by atoms with van der Waals surface area (Å²) in [6.45, 7) is 4.46. The normalized spacial score (nSPS) is 14.1. The predicted octanol–water partition coefficient (Wildman–Crippen LogP) is 0.323. The monoisotopic (exact) mass is 389 g/mol. The largest absolute Gasteiger partial charge is 0.480 e. The molecule has 2 rings (SSSR count). The number of carboxylic acid groups (broad SMARTS) is 1. The van der Waals surface area contributed by atoms with Crippen LogP contribution in [-0.4, -0.2) is 58.7 Å². The SMILES string of the molecule is Cc1ccc2c(c1)C(=O)N(CC(=O)NCC(=O)N[C@@H](CC(C)C)C(=O)O)C2=O. The van der Waals surface area contributed by atoms with E-state index in [-0.39, 0.29) is 23.5 Å². The van der Waals surface area contributed by atoms with Gasteiger partial charge in [-0.25, -0.2) is 4.79 Å². The highest BCUT2D eigenvalue weighted by Crippen LogP contribution is 2.23. The van der Waals surface area contributed by atoms with E-state index in [2.05, 4.69) is 10.6 Å². The van der Waals surface area contributed by atoms with Crippen molar-refractivity contribution >= 4 is 29.6 Å². The summed E-state index contributed by atoms with van der Waals surface area (Å²) in [7, 11) is 0. The molecule has 28 heavy (non-hydrogen) atoms. The Morgan fingerprint density at radius 3 is 2.32 bits per heavy atom. The summed E-state index contributed by atoms with van der Waals surface area (Å²) in [5.74, 6) is -3.59. The number of carbonyl (C=O) groups excluding carboxylic acids is 4. The molecule has 0 unspecified atom stereocenters. The van der Waals surface area contributed by atoms with Crippen molar-refractivity contribution in [3.05, 3.63) is 34.9 Å². The predicted molar refractivity (Wildman–Crippen MR) is 98.6 cm³/mol. The number of hydrogen-bond donors (Lipinski definition) is 3. The molecule has 0 saturated carbocycles. The summed E-state index contributed by atoms with van der Waals surface area (Å²) in [5, 5.41) is 13.7. The summed E-state index contributed by atoms with van der Waals surface area (Å²) in [6, 6.07) is 3.77. The number of amides is 4. The van der Waals surface area contributed by atoms with Crippen LogP contribution < -0.4 is 10.6 Å². The van der Waals surface area contributed by atoms with E-state index in [1.807, 2.05) is 13.8 Å². The molecular formula is C19H23N3O6. The Morgan fingerprint density at radius 1 is 1.07 bits per heavy atom. The molecule has 0 aliphatic carbocycles. The Kier molecular flexibility index (Phi) is 6.50. The molecule has 4 amide bonds. The average molecular weight is 389 g/mol. The van der Waals surface area contributed by atoms with E-state index in [4.69, 9.17) is 5.11 Å². The zero-order chi connectivity index (χ0) is 21.0. The molecule has 1 aromatic carbocycles. The Hall–Kier alpha value is -3.23. The highest BCUT2D eigenvalue weighted by Gasteiger charge is 2.36. The lowest BCUT2D eigenvalue weighted by atomic mass is 10.0. The molecule has 1 atom stereocenters. The molecule has 0 spiro atoms. The van der Waals surface area contributed by atoms with Gasteiger partial charge in [-0.05, 0) is 31.4 Å². The van der Waals surface area contributed by atoms with Crippen molar-refractivity contribution < 1.29 is 29.1 Å². The lowest BCUT2D eigenvalue weighted by molar-refractivity contribution is -0.142. The lowest BCUT2D eigenvalue weighted by Gasteiger charge is -2.17. The van der Waals surface area contributed by atoms with Gasteiger partial charge in [0.1, 0.15) is 12.6 Å². The van der Waals surface area contributed by atoms with Gasteiger partial charge in [-0.15, -0.1) is 0 Å². The third kappa shape index (κ3) is 4.93. The Bertz CT molecular complexity index is 833.